The number of nitrogen functional groups attached to an aromatic ring is 1. The van der Waals surface area contributed by atoms with Gasteiger partial charge in [0.05, 0.1) is 5.69 Å². The van der Waals surface area contributed by atoms with Crippen molar-refractivity contribution in [3.63, 3.8) is 0 Å². The topological polar surface area (TPSA) is 67.6 Å². The molecule has 0 amide bonds. The van der Waals surface area contributed by atoms with Crippen molar-refractivity contribution >= 4 is 5.82 Å². The van der Waals surface area contributed by atoms with Gasteiger partial charge in [0.1, 0.15) is 40.6 Å². The molecule has 0 bridgehead atoms. The number of aryl methyl sites for hydroxylation is 1. The van der Waals surface area contributed by atoms with E-state index in [0.717, 1.165) is 6.07 Å². The molecule has 0 atom stereocenters. The Labute approximate surface area is 135 Å². The molecule has 3 rings (SSSR count). The molecule has 0 aliphatic rings. The van der Waals surface area contributed by atoms with Crippen LogP contribution < -0.4 is 5.73 Å². The standard InChI is InChI=1S/C17H11F3N4/c1-9-2-3-11(19)7-15(9)24-17(22)13(8-21)16(23-24)12-5-4-10(18)6-14(12)20/h2-7H,22H2,1H3. The van der Waals surface area contributed by atoms with Gasteiger partial charge in [-0.3, -0.25) is 0 Å². The highest BCUT2D eigenvalue weighted by Gasteiger charge is 2.21. The Balaban J connectivity index is 2.27. The fourth-order valence-electron chi connectivity index (χ4n) is 2.41. The van der Waals surface area contributed by atoms with E-state index >= 15 is 0 Å². The van der Waals surface area contributed by atoms with Gasteiger partial charge in [0.15, 0.2) is 0 Å². The van der Waals surface area contributed by atoms with Gasteiger partial charge in [0.25, 0.3) is 0 Å². The zero-order valence-electron chi connectivity index (χ0n) is 12.5. The van der Waals surface area contributed by atoms with Crippen molar-refractivity contribution in [2.45, 2.75) is 6.92 Å². The number of anilines is 1. The zero-order chi connectivity index (χ0) is 17.4. The third-order valence-corrected chi connectivity index (χ3v) is 3.62. The van der Waals surface area contributed by atoms with Crippen LogP contribution in [0.15, 0.2) is 36.4 Å². The Morgan fingerprint density at radius 2 is 1.75 bits per heavy atom. The number of benzene rings is 2. The first-order valence-electron chi connectivity index (χ1n) is 6.93. The third kappa shape index (κ3) is 2.48. The van der Waals surface area contributed by atoms with Crippen molar-refractivity contribution in [3.8, 4) is 23.0 Å². The molecule has 0 saturated carbocycles. The first-order chi connectivity index (χ1) is 11.4. The van der Waals surface area contributed by atoms with E-state index in [1.54, 1.807) is 6.92 Å². The van der Waals surface area contributed by atoms with E-state index in [2.05, 4.69) is 5.10 Å². The predicted octanol–water partition coefficient (Wildman–Crippen LogP) is 3.72. The Kier molecular flexibility index (Phi) is 3.73. The first kappa shape index (κ1) is 15.6. The number of nitrogens with two attached hydrogens (primary N) is 1. The molecule has 0 unspecified atom stereocenters. The summed E-state index contributed by atoms with van der Waals surface area (Å²) in [7, 11) is 0. The molecule has 1 aromatic heterocycles. The molecule has 0 saturated heterocycles. The molecule has 2 N–H and O–H groups in total. The maximum Gasteiger partial charge on any atom is 0.145 e. The average molecular weight is 328 g/mol. The van der Waals surface area contributed by atoms with E-state index in [4.69, 9.17) is 5.73 Å². The molecule has 0 aliphatic carbocycles. The maximum atomic E-state index is 14.0. The normalized spacial score (nSPS) is 10.6. The highest BCUT2D eigenvalue weighted by Crippen LogP contribution is 2.31. The predicted molar refractivity (Wildman–Crippen MR) is 82.7 cm³/mol. The lowest BCUT2D eigenvalue weighted by Gasteiger charge is -2.07. The third-order valence-electron chi connectivity index (χ3n) is 3.62. The van der Waals surface area contributed by atoms with Crippen LogP contribution in [0.2, 0.25) is 0 Å². The summed E-state index contributed by atoms with van der Waals surface area (Å²) in [6.45, 7) is 1.72. The largest absolute Gasteiger partial charge is 0.382 e. The summed E-state index contributed by atoms with van der Waals surface area (Å²) in [6, 6.07) is 8.83. The van der Waals surface area contributed by atoms with Gasteiger partial charge in [0, 0.05) is 11.6 Å². The van der Waals surface area contributed by atoms with Gasteiger partial charge in [-0.25, -0.2) is 17.9 Å². The molecule has 7 heteroatoms. The van der Waals surface area contributed by atoms with Crippen molar-refractivity contribution in [3.05, 3.63) is 65.0 Å². The molecule has 4 nitrogen and oxygen atoms in total. The number of halogens is 3. The molecule has 0 radical (unpaired) electrons. The van der Waals surface area contributed by atoms with E-state index < -0.39 is 17.5 Å². The van der Waals surface area contributed by atoms with E-state index in [9.17, 15) is 18.4 Å². The molecular formula is C17H11F3N4. The lowest BCUT2D eigenvalue weighted by molar-refractivity contribution is 0.585. The van der Waals surface area contributed by atoms with Gasteiger partial charge in [-0.2, -0.15) is 10.4 Å². The van der Waals surface area contributed by atoms with Crippen LogP contribution in [0.25, 0.3) is 16.9 Å². The molecule has 0 spiro atoms. The average Bonchev–Trinajstić information content (AvgIpc) is 2.86. The van der Waals surface area contributed by atoms with E-state index in [-0.39, 0.29) is 22.6 Å². The first-order valence-corrected chi connectivity index (χ1v) is 6.93. The number of hydrogen-bond acceptors (Lipinski definition) is 3. The highest BCUT2D eigenvalue weighted by atomic mass is 19.1. The molecule has 1 heterocycles. The summed E-state index contributed by atoms with van der Waals surface area (Å²) in [5.41, 5.74) is 6.78. The number of nitrogens with zero attached hydrogens (tertiary/aromatic N) is 3. The monoisotopic (exact) mass is 328 g/mol. The van der Waals surface area contributed by atoms with E-state index in [0.29, 0.717) is 17.3 Å². The Bertz CT molecular complexity index is 986. The summed E-state index contributed by atoms with van der Waals surface area (Å²) in [5.74, 6) is -2.17. The van der Waals surface area contributed by atoms with Gasteiger partial charge in [-0.15, -0.1) is 0 Å². The summed E-state index contributed by atoms with van der Waals surface area (Å²) in [4.78, 5) is 0. The van der Waals surface area contributed by atoms with Crippen molar-refractivity contribution in [1.82, 2.24) is 9.78 Å². The summed E-state index contributed by atoms with van der Waals surface area (Å²) in [6.07, 6.45) is 0. The smallest absolute Gasteiger partial charge is 0.145 e. The van der Waals surface area contributed by atoms with Gasteiger partial charge >= 0.3 is 0 Å². The summed E-state index contributed by atoms with van der Waals surface area (Å²) in [5, 5.41) is 13.5. The van der Waals surface area contributed by atoms with Crippen molar-refractivity contribution in [2.24, 2.45) is 0 Å². The fraction of sp³-hybridized carbons (Fsp3) is 0.0588. The molecule has 0 aliphatic heterocycles. The number of hydrogen-bond donors (Lipinski definition) is 1. The van der Waals surface area contributed by atoms with Crippen LogP contribution in [-0.2, 0) is 0 Å². The van der Waals surface area contributed by atoms with Crippen LogP contribution in [0, 0.1) is 35.7 Å². The van der Waals surface area contributed by atoms with Crippen molar-refractivity contribution in [1.29, 1.82) is 5.26 Å². The minimum absolute atomic E-state index is 0.0313. The second kappa shape index (κ2) is 5.74. The minimum Gasteiger partial charge on any atom is -0.382 e. The van der Waals surface area contributed by atoms with Crippen LogP contribution in [0.1, 0.15) is 11.1 Å². The SMILES string of the molecule is Cc1ccc(F)cc1-n1nc(-c2ccc(F)cc2F)c(C#N)c1N. The van der Waals surface area contributed by atoms with E-state index in [1.165, 1.54) is 28.9 Å². The molecular weight excluding hydrogens is 317 g/mol. The van der Waals surface area contributed by atoms with E-state index in [1.807, 2.05) is 6.07 Å². The lowest BCUT2D eigenvalue weighted by atomic mass is 10.1. The number of rotatable bonds is 2. The number of nitriles is 1. The summed E-state index contributed by atoms with van der Waals surface area (Å²) >= 11 is 0. The van der Waals surface area contributed by atoms with Crippen LogP contribution in [0.4, 0.5) is 19.0 Å². The summed E-state index contributed by atoms with van der Waals surface area (Å²) < 4.78 is 41.8. The maximum absolute atomic E-state index is 14.0. The fourth-order valence-corrected chi connectivity index (χ4v) is 2.41. The van der Waals surface area contributed by atoms with Gasteiger partial charge in [0.2, 0.25) is 0 Å². The number of aromatic nitrogens is 2. The molecule has 2 aromatic carbocycles. The molecule has 120 valence electrons. The molecule has 24 heavy (non-hydrogen) atoms. The van der Waals surface area contributed by atoms with Gasteiger partial charge in [-0.05, 0) is 36.8 Å². The second-order valence-corrected chi connectivity index (χ2v) is 5.19. The zero-order valence-corrected chi connectivity index (χ0v) is 12.5. The van der Waals surface area contributed by atoms with Crippen LogP contribution in [0.5, 0.6) is 0 Å². The lowest BCUT2D eigenvalue weighted by Crippen LogP contribution is -2.04. The molecule has 0 fully saturated rings. The van der Waals surface area contributed by atoms with Crippen molar-refractivity contribution < 1.29 is 13.2 Å². The van der Waals surface area contributed by atoms with Gasteiger partial charge < -0.3 is 5.73 Å². The Morgan fingerprint density at radius 3 is 2.42 bits per heavy atom. The van der Waals surface area contributed by atoms with Crippen LogP contribution in [0.3, 0.4) is 0 Å². The minimum atomic E-state index is -0.868. The Hall–Kier alpha value is -3.27. The molecule has 3 aromatic rings. The highest BCUT2D eigenvalue weighted by molar-refractivity contribution is 5.74. The quantitative estimate of drug-likeness (QED) is 0.779. The van der Waals surface area contributed by atoms with Crippen LogP contribution >= 0.6 is 0 Å². The Morgan fingerprint density at radius 1 is 1.08 bits per heavy atom. The van der Waals surface area contributed by atoms with Gasteiger partial charge in [-0.1, -0.05) is 6.07 Å². The van der Waals surface area contributed by atoms with Crippen molar-refractivity contribution in [2.75, 3.05) is 5.73 Å². The second-order valence-electron chi connectivity index (χ2n) is 5.19. The van der Waals surface area contributed by atoms with Crippen LogP contribution in [-0.4, -0.2) is 9.78 Å².